The highest BCUT2D eigenvalue weighted by molar-refractivity contribution is 9.13. The quantitative estimate of drug-likeness (QED) is 0.436. The second kappa shape index (κ2) is 5.60. The molecule has 0 spiro atoms. The van der Waals surface area contributed by atoms with Crippen molar-refractivity contribution in [2.24, 2.45) is 0 Å². The first-order chi connectivity index (χ1) is 9.58. The Bertz CT molecular complexity index is 806. The van der Waals surface area contributed by atoms with Gasteiger partial charge in [0.15, 0.2) is 0 Å². The second-order valence-corrected chi connectivity index (χ2v) is 7.83. The van der Waals surface area contributed by atoms with Gasteiger partial charge in [0.25, 0.3) is 0 Å². The highest BCUT2D eigenvalue weighted by atomic mass is 79.9. The van der Waals surface area contributed by atoms with E-state index in [1.54, 1.807) is 12.1 Å². The van der Waals surface area contributed by atoms with Crippen molar-refractivity contribution in [3.63, 3.8) is 0 Å². The number of carbonyl (C=O) groups is 1. The number of carbonyl (C=O) groups excluding carboxylic acids is 1. The molecule has 0 aliphatic heterocycles. The first-order valence-corrected chi connectivity index (χ1v) is 8.53. The van der Waals surface area contributed by atoms with Crippen molar-refractivity contribution < 1.29 is 4.79 Å². The summed E-state index contributed by atoms with van der Waals surface area (Å²) in [6, 6.07) is 13.1. The molecule has 0 saturated heterocycles. The van der Waals surface area contributed by atoms with Crippen molar-refractivity contribution in [2.45, 2.75) is 0 Å². The van der Waals surface area contributed by atoms with Gasteiger partial charge in [-0.05, 0) is 55.4 Å². The first-order valence-electron chi connectivity index (χ1n) is 5.74. The zero-order valence-corrected chi connectivity index (χ0v) is 14.7. The van der Waals surface area contributed by atoms with Crippen LogP contribution in [0.15, 0.2) is 50.7 Å². The van der Waals surface area contributed by atoms with Crippen LogP contribution in [0.4, 0.5) is 0 Å². The van der Waals surface area contributed by atoms with E-state index >= 15 is 0 Å². The van der Waals surface area contributed by atoms with Gasteiger partial charge in [0.05, 0.1) is 8.66 Å². The van der Waals surface area contributed by atoms with Crippen LogP contribution in [0.3, 0.4) is 0 Å². The van der Waals surface area contributed by atoms with Gasteiger partial charge >= 0.3 is 0 Å². The number of ketones is 1. The van der Waals surface area contributed by atoms with Crippen molar-refractivity contribution in [2.75, 3.05) is 0 Å². The summed E-state index contributed by atoms with van der Waals surface area (Å²) < 4.78 is 1.81. The Labute approximate surface area is 141 Å². The summed E-state index contributed by atoms with van der Waals surface area (Å²) in [4.78, 5) is 13.4. The molecule has 0 fully saturated rings. The molecule has 1 nitrogen and oxygen atoms in total. The Morgan fingerprint density at radius 1 is 1.05 bits per heavy atom. The fraction of sp³-hybridized carbons (Fsp3) is 0. The average Bonchev–Trinajstić information content (AvgIpc) is 2.79. The Balaban J connectivity index is 2.20. The Hall–Kier alpha value is -0.680. The van der Waals surface area contributed by atoms with Crippen LogP contribution in [0.5, 0.6) is 0 Å². The van der Waals surface area contributed by atoms with Crippen molar-refractivity contribution in [1.82, 2.24) is 0 Å². The molecule has 20 heavy (non-hydrogen) atoms. The average molecular weight is 431 g/mol. The minimum atomic E-state index is 0.00858. The van der Waals surface area contributed by atoms with E-state index in [4.69, 9.17) is 11.6 Å². The Kier molecular flexibility index (Phi) is 4.00. The molecular weight excluding hydrogens is 423 g/mol. The van der Waals surface area contributed by atoms with E-state index in [0.717, 1.165) is 19.0 Å². The maximum atomic E-state index is 12.7. The summed E-state index contributed by atoms with van der Waals surface area (Å²) in [6.07, 6.45) is 0. The molecule has 0 saturated carbocycles. The topological polar surface area (TPSA) is 17.1 Å². The third-order valence-corrected chi connectivity index (χ3v) is 6.57. The predicted octanol–water partition coefficient (Wildman–Crippen LogP) is 6.31. The van der Waals surface area contributed by atoms with E-state index in [1.165, 1.54) is 11.3 Å². The molecule has 2 aromatic carbocycles. The van der Waals surface area contributed by atoms with Crippen LogP contribution in [-0.2, 0) is 0 Å². The summed E-state index contributed by atoms with van der Waals surface area (Å²) in [5.41, 5.74) is 0.672. The monoisotopic (exact) mass is 428 g/mol. The fourth-order valence-electron chi connectivity index (χ4n) is 2.05. The summed E-state index contributed by atoms with van der Waals surface area (Å²) in [6.45, 7) is 0. The van der Waals surface area contributed by atoms with Gasteiger partial charge in [0.1, 0.15) is 0 Å². The molecule has 0 aliphatic carbocycles. The summed E-state index contributed by atoms with van der Waals surface area (Å²) >= 11 is 14.4. The van der Waals surface area contributed by atoms with Gasteiger partial charge in [0, 0.05) is 20.4 Å². The van der Waals surface area contributed by atoms with Crippen LogP contribution in [0, 0.1) is 0 Å². The SMILES string of the molecule is O=C(c1cc(Br)c(Br)s1)c1ccc(Cl)c2ccccc12. The second-order valence-electron chi connectivity index (χ2n) is 4.20. The molecular formula is C15H7Br2ClOS. The predicted molar refractivity (Wildman–Crippen MR) is 92.1 cm³/mol. The maximum Gasteiger partial charge on any atom is 0.203 e. The summed E-state index contributed by atoms with van der Waals surface area (Å²) in [7, 11) is 0. The van der Waals surface area contributed by atoms with Gasteiger partial charge < -0.3 is 0 Å². The lowest BCUT2D eigenvalue weighted by atomic mass is 10.0. The van der Waals surface area contributed by atoms with Crippen LogP contribution in [-0.4, -0.2) is 5.78 Å². The summed E-state index contributed by atoms with van der Waals surface area (Å²) in [5.74, 6) is 0.00858. The first kappa shape index (κ1) is 14.3. The third-order valence-electron chi connectivity index (χ3n) is 2.98. The van der Waals surface area contributed by atoms with E-state index < -0.39 is 0 Å². The zero-order chi connectivity index (χ0) is 14.3. The molecule has 0 atom stereocenters. The number of fused-ring (bicyclic) bond motifs is 1. The summed E-state index contributed by atoms with van der Waals surface area (Å²) in [5, 5.41) is 2.44. The van der Waals surface area contributed by atoms with Crippen LogP contribution in [0.25, 0.3) is 10.8 Å². The molecule has 0 bridgehead atoms. The molecule has 0 aliphatic rings. The van der Waals surface area contributed by atoms with Crippen LogP contribution >= 0.6 is 54.8 Å². The number of hydrogen-bond donors (Lipinski definition) is 0. The lowest BCUT2D eigenvalue weighted by Gasteiger charge is -2.06. The number of rotatable bonds is 2. The van der Waals surface area contributed by atoms with E-state index in [1.807, 2.05) is 30.3 Å². The van der Waals surface area contributed by atoms with E-state index in [9.17, 15) is 4.79 Å². The molecule has 5 heteroatoms. The number of hydrogen-bond acceptors (Lipinski definition) is 2. The zero-order valence-electron chi connectivity index (χ0n) is 9.99. The molecule has 1 heterocycles. The van der Waals surface area contributed by atoms with Crippen LogP contribution in [0.2, 0.25) is 5.02 Å². The number of halogens is 3. The van der Waals surface area contributed by atoms with Crippen molar-refractivity contribution in [3.8, 4) is 0 Å². The van der Waals surface area contributed by atoms with Gasteiger partial charge in [-0.3, -0.25) is 4.79 Å². The van der Waals surface area contributed by atoms with Gasteiger partial charge in [-0.2, -0.15) is 0 Å². The Morgan fingerprint density at radius 3 is 2.40 bits per heavy atom. The van der Waals surface area contributed by atoms with Gasteiger partial charge in [-0.15, -0.1) is 11.3 Å². The lowest BCUT2D eigenvalue weighted by Crippen LogP contribution is -1.99. The highest BCUT2D eigenvalue weighted by Gasteiger charge is 2.17. The largest absolute Gasteiger partial charge is 0.288 e. The van der Waals surface area contributed by atoms with Gasteiger partial charge in [-0.1, -0.05) is 35.9 Å². The Morgan fingerprint density at radius 2 is 1.75 bits per heavy atom. The molecule has 100 valence electrons. The van der Waals surface area contributed by atoms with E-state index in [0.29, 0.717) is 15.5 Å². The normalized spacial score (nSPS) is 10.9. The van der Waals surface area contributed by atoms with Crippen LogP contribution in [0.1, 0.15) is 15.2 Å². The number of benzene rings is 2. The van der Waals surface area contributed by atoms with Crippen molar-refractivity contribution in [3.05, 3.63) is 66.2 Å². The minimum absolute atomic E-state index is 0.00858. The maximum absolute atomic E-state index is 12.7. The van der Waals surface area contributed by atoms with Crippen LogP contribution < -0.4 is 0 Å². The van der Waals surface area contributed by atoms with Crippen molar-refractivity contribution in [1.29, 1.82) is 0 Å². The third kappa shape index (κ3) is 2.46. The highest BCUT2D eigenvalue weighted by Crippen LogP contribution is 2.35. The van der Waals surface area contributed by atoms with Gasteiger partial charge in [-0.25, -0.2) is 0 Å². The molecule has 3 rings (SSSR count). The van der Waals surface area contributed by atoms with Crippen molar-refractivity contribution >= 4 is 71.4 Å². The molecule has 0 radical (unpaired) electrons. The van der Waals surface area contributed by atoms with E-state index in [-0.39, 0.29) is 5.78 Å². The number of thiophene rings is 1. The standard InChI is InChI=1S/C15H7Br2ClOS/c16-11-7-13(20-15(11)17)14(19)10-5-6-12(18)9-4-2-1-3-8(9)10/h1-7H. The molecule has 1 aromatic heterocycles. The molecule has 0 N–H and O–H groups in total. The molecule has 3 aromatic rings. The molecule has 0 unspecified atom stereocenters. The minimum Gasteiger partial charge on any atom is -0.288 e. The fourth-order valence-corrected chi connectivity index (χ4v) is 4.27. The van der Waals surface area contributed by atoms with E-state index in [2.05, 4.69) is 31.9 Å². The lowest BCUT2D eigenvalue weighted by molar-refractivity contribution is 0.104. The van der Waals surface area contributed by atoms with Gasteiger partial charge in [0.2, 0.25) is 5.78 Å². The molecule has 0 amide bonds. The smallest absolute Gasteiger partial charge is 0.203 e.